The van der Waals surface area contributed by atoms with Crippen molar-refractivity contribution in [3.63, 3.8) is 0 Å². The van der Waals surface area contributed by atoms with Crippen LogP contribution in [0.4, 0.5) is 5.69 Å². The molecule has 1 heterocycles. The molecule has 156 valence electrons. The van der Waals surface area contributed by atoms with Crippen molar-refractivity contribution >= 4 is 29.4 Å². The fraction of sp³-hybridized carbons (Fsp3) is 0.304. The first-order valence-electron chi connectivity index (χ1n) is 9.84. The number of fused-ring (bicyclic) bond motifs is 1. The summed E-state index contributed by atoms with van der Waals surface area (Å²) in [5, 5.41) is 2.79. The monoisotopic (exact) mass is 408 g/mol. The van der Waals surface area contributed by atoms with Gasteiger partial charge < -0.3 is 10.1 Å². The van der Waals surface area contributed by atoms with Crippen LogP contribution in [0, 0.1) is 0 Å². The molecular weight excluding hydrogens is 384 g/mol. The van der Waals surface area contributed by atoms with E-state index in [1.54, 1.807) is 30.3 Å². The Kier molecular flexibility index (Phi) is 6.30. The van der Waals surface area contributed by atoms with Crippen LogP contribution in [0.2, 0.25) is 0 Å². The van der Waals surface area contributed by atoms with Gasteiger partial charge >= 0.3 is 5.97 Å². The average Bonchev–Trinajstić information content (AvgIpc) is 2.97. The van der Waals surface area contributed by atoms with Gasteiger partial charge in [0.05, 0.1) is 17.5 Å². The van der Waals surface area contributed by atoms with E-state index in [1.807, 2.05) is 32.0 Å². The van der Waals surface area contributed by atoms with E-state index in [9.17, 15) is 19.2 Å². The van der Waals surface area contributed by atoms with Crippen molar-refractivity contribution in [3.8, 4) is 0 Å². The molecule has 7 nitrogen and oxygen atoms in total. The number of ether oxygens (including phenoxy) is 1. The highest BCUT2D eigenvalue weighted by Gasteiger charge is 2.35. The van der Waals surface area contributed by atoms with E-state index in [1.165, 1.54) is 6.92 Å². The second kappa shape index (κ2) is 8.90. The third-order valence-corrected chi connectivity index (χ3v) is 4.94. The van der Waals surface area contributed by atoms with Crippen LogP contribution in [0.3, 0.4) is 0 Å². The Morgan fingerprint density at radius 2 is 1.50 bits per heavy atom. The van der Waals surface area contributed by atoms with Gasteiger partial charge in [-0.25, -0.2) is 0 Å². The first-order valence-corrected chi connectivity index (χ1v) is 9.84. The van der Waals surface area contributed by atoms with E-state index in [0.717, 1.165) is 10.5 Å². The minimum absolute atomic E-state index is 0.101. The van der Waals surface area contributed by atoms with Crippen LogP contribution in [0.1, 0.15) is 59.4 Å². The number of benzene rings is 2. The summed E-state index contributed by atoms with van der Waals surface area (Å²) < 4.78 is 5.19. The third kappa shape index (κ3) is 4.40. The zero-order valence-electron chi connectivity index (χ0n) is 17.2. The van der Waals surface area contributed by atoms with Gasteiger partial charge in [-0.15, -0.1) is 0 Å². The number of carbonyl (C=O) groups is 4. The van der Waals surface area contributed by atoms with Gasteiger partial charge in [0.1, 0.15) is 0 Å². The molecule has 1 aliphatic heterocycles. The van der Waals surface area contributed by atoms with Gasteiger partial charge in [0.2, 0.25) is 0 Å². The lowest BCUT2D eigenvalue weighted by Crippen LogP contribution is -2.34. The molecule has 0 aliphatic carbocycles. The molecule has 2 aromatic rings. The fourth-order valence-corrected chi connectivity index (χ4v) is 3.30. The van der Waals surface area contributed by atoms with Crippen LogP contribution in [0.25, 0.3) is 0 Å². The van der Waals surface area contributed by atoms with E-state index in [0.29, 0.717) is 16.8 Å². The number of amides is 3. The largest absolute Gasteiger partial charge is 0.452 e. The van der Waals surface area contributed by atoms with Crippen molar-refractivity contribution in [2.45, 2.75) is 39.2 Å². The molecule has 0 aromatic heterocycles. The van der Waals surface area contributed by atoms with Gasteiger partial charge in [0, 0.05) is 12.2 Å². The lowest BCUT2D eigenvalue weighted by molar-refractivity contribution is -0.153. The molecule has 0 radical (unpaired) electrons. The summed E-state index contributed by atoms with van der Waals surface area (Å²) >= 11 is 0. The molecule has 0 spiro atoms. The molecule has 1 N–H and O–H groups in total. The Morgan fingerprint density at radius 3 is 2.10 bits per heavy atom. The Bertz CT molecular complexity index is 964. The Hall–Kier alpha value is -3.48. The molecule has 3 rings (SSSR count). The summed E-state index contributed by atoms with van der Waals surface area (Å²) in [7, 11) is 0. The molecular formula is C23H24N2O5. The fourth-order valence-electron chi connectivity index (χ4n) is 3.30. The van der Waals surface area contributed by atoms with Crippen LogP contribution in [0.15, 0.2) is 48.5 Å². The standard InChI is InChI=1S/C23H24N2O5/c1-14(2)16-8-6-7-11-19(16)24-21(27)15(3)30-20(26)12-13-25-22(28)17-9-4-5-10-18(17)23(25)29/h4-11,14-15H,12-13H2,1-3H3,(H,24,27)/t15-/m1/s1. The minimum Gasteiger partial charge on any atom is -0.452 e. The normalized spacial score (nSPS) is 13.9. The van der Waals surface area contributed by atoms with Gasteiger partial charge in [-0.05, 0) is 36.6 Å². The maximum Gasteiger partial charge on any atom is 0.308 e. The highest BCUT2D eigenvalue weighted by atomic mass is 16.5. The van der Waals surface area contributed by atoms with Crippen molar-refractivity contribution in [3.05, 3.63) is 65.2 Å². The van der Waals surface area contributed by atoms with E-state index in [2.05, 4.69) is 5.32 Å². The van der Waals surface area contributed by atoms with Crippen molar-refractivity contribution in [1.82, 2.24) is 4.90 Å². The molecule has 0 fully saturated rings. The number of para-hydroxylation sites is 1. The first kappa shape index (κ1) is 21.2. The number of hydrogen-bond acceptors (Lipinski definition) is 5. The number of nitrogens with zero attached hydrogens (tertiary/aromatic N) is 1. The van der Waals surface area contributed by atoms with E-state index in [-0.39, 0.29) is 18.9 Å². The van der Waals surface area contributed by atoms with E-state index < -0.39 is 29.8 Å². The number of imide groups is 1. The van der Waals surface area contributed by atoms with Crippen molar-refractivity contribution in [2.24, 2.45) is 0 Å². The van der Waals surface area contributed by atoms with Gasteiger partial charge in [-0.1, -0.05) is 44.2 Å². The van der Waals surface area contributed by atoms with Gasteiger partial charge in [0.25, 0.3) is 17.7 Å². The molecule has 0 unspecified atom stereocenters. The van der Waals surface area contributed by atoms with Crippen molar-refractivity contribution in [2.75, 3.05) is 11.9 Å². The highest BCUT2D eigenvalue weighted by molar-refractivity contribution is 6.21. The molecule has 0 saturated heterocycles. The average molecular weight is 408 g/mol. The quantitative estimate of drug-likeness (QED) is 0.560. The van der Waals surface area contributed by atoms with Gasteiger partial charge in [-0.3, -0.25) is 24.1 Å². The maximum atomic E-state index is 12.4. The molecule has 0 saturated carbocycles. The molecule has 2 aromatic carbocycles. The summed E-state index contributed by atoms with van der Waals surface area (Å²) in [5.41, 5.74) is 2.31. The van der Waals surface area contributed by atoms with E-state index in [4.69, 9.17) is 4.74 Å². The van der Waals surface area contributed by atoms with E-state index >= 15 is 0 Å². The summed E-state index contributed by atoms with van der Waals surface area (Å²) in [6, 6.07) is 14.0. The zero-order chi connectivity index (χ0) is 21.8. The number of hydrogen-bond donors (Lipinski definition) is 1. The SMILES string of the molecule is CC(C)c1ccccc1NC(=O)[C@@H](C)OC(=O)CCN1C(=O)c2ccccc2C1=O. The zero-order valence-corrected chi connectivity index (χ0v) is 17.2. The number of carbonyl (C=O) groups excluding carboxylic acids is 4. The summed E-state index contributed by atoms with van der Waals surface area (Å²) in [6.07, 6.45) is -1.20. The second-order valence-electron chi connectivity index (χ2n) is 7.42. The van der Waals surface area contributed by atoms with Crippen LogP contribution >= 0.6 is 0 Å². The predicted molar refractivity (Wildman–Crippen MR) is 111 cm³/mol. The van der Waals surface area contributed by atoms with Crippen LogP contribution in [-0.2, 0) is 14.3 Å². The predicted octanol–water partition coefficient (Wildman–Crippen LogP) is 3.37. The lowest BCUT2D eigenvalue weighted by atomic mass is 10.0. The van der Waals surface area contributed by atoms with Crippen LogP contribution < -0.4 is 5.32 Å². The molecule has 0 bridgehead atoms. The Labute approximate surface area is 175 Å². The highest BCUT2D eigenvalue weighted by Crippen LogP contribution is 2.24. The molecule has 3 amide bonds. The number of anilines is 1. The lowest BCUT2D eigenvalue weighted by Gasteiger charge is -2.18. The van der Waals surface area contributed by atoms with Gasteiger partial charge in [0.15, 0.2) is 6.10 Å². The summed E-state index contributed by atoms with van der Waals surface area (Å²) in [6.45, 7) is 5.42. The third-order valence-electron chi connectivity index (χ3n) is 4.94. The molecule has 7 heteroatoms. The van der Waals surface area contributed by atoms with Crippen LogP contribution in [-0.4, -0.2) is 41.2 Å². The van der Waals surface area contributed by atoms with Gasteiger partial charge in [-0.2, -0.15) is 0 Å². The first-order chi connectivity index (χ1) is 14.3. The van der Waals surface area contributed by atoms with Crippen LogP contribution in [0.5, 0.6) is 0 Å². The summed E-state index contributed by atoms with van der Waals surface area (Å²) in [4.78, 5) is 50.3. The smallest absolute Gasteiger partial charge is 0.308 e. The topological polar surface area (TPSA) is 92.8 Å². The molecule has 1 aliphatic rings. The van der Waals surface area contributed by atoms with Crippen molar-refractivity contribution in [1.29, 1.82) is 0 Å². The van der Waals surface area contributed by atoms with Crippen molar-refractivity contribution < 1.29 is 23.9 Å². The number of nitrogens with one attached hydrogen (secondary N) is 1. The number of rotatable bonds is 7. The number of esters is 1. The Balaban J connectivity index is 1.54. The Morgan fingerprint density at radius 1 is 0.933 bits per heavy atom. The minimum atomic E-state index is -1.01. The molecule has 1 atom stereocenters. The molecule has 30 heavy (non-hydrogen) atoms. The summed E-state index contributed by atoms with van der Waals surface area (Å²) in [5.74, 6) is -1.75. The second-order valence-corrected chi connectivity index (χ2v) is 7.42. The maximum absolute atomic E-state index is 12.4.